The summed E-state index contributed by atoms with van der Waals surface area (Å²) in [7, 11) is 0. The highest BCUT2D eigenvalue weighted by molar-refractivity contribution is 6.19. The van der Waals surface area contributed by atoms with Crippen LogP contribution in [-0.2, 0) is 12.8 Å². The van der Waals surface area contributed by atoms with Gasteiger partial charge in [0.1, 0.15) is 0 Å². The molecule has 0 spiro atoms. The van der Waals surface area contributed by atoms with Crippen molar-refractivity contribution in [3.05, 3.63) is 105 Å². The van der Waals surface area contributed by atoms with Crippen molar-refractivity contribution in [3.63, 3.8) is 0 Å². The fraction of sp³-hybridized carbons (Fsp3) is 0.450. The Kier molecular flexibility index (Phi) is 15.4. The van der Waals surface area contributed by atoms with Crippen molar-refractivity contribution in [2.75, 3.05) is 0 Å². The molecule has 0 atom stereocenters. The topological polar surface area (TPSA) is 109 Å². The Morgan fingerprint density at radius 2 is 0.739 bits per heavy atom. The lowest BCUT2D eigenvalue weighted by molar-refractivity contribution is 0.0677. The number of aryl methyl sites for hydroxylation is 2. The van der Waals surface area contributed by atoms with E-state index in [1.54, 1.807) is 24.3 Å². The molecule has 0 aliphatic carbocycles. The largest absolute Gasteiger partial charge is 0.478 e. The summed E-state index contributed by atoms with van der Waals surface area (Å²) in [5, 5.41) is 20.0. The van der Waals surface area contributed by atoms with E-state index >= 15 is 0 Å². The van der Waals surface area contributed by atoms with Gasteiger partial charge in [-0.1, -0.05) is 139 Å². The van der Waals surface area contributed by atoms with Crippen LogP contribution in [0.5, 0.6) is 0 Å². The van der Waals surface area contributed by atoms with Gasteiger partial charge in [-0.25, -0.2) is 9.59 Å². The summed E-state index contributed by atoms with van der Waals surface area (Å²) in [6.45, 7) is 4.41. The first-order valence-electron chi connectivity index (χ1n) is 17.2. The third-order valence-corrected chi connectivity index (χ3v) is 8.68. The molecule has 0 saturated heterocycles. The zero-order valence-corrected chi connectivity index (χ0v) is 27.6. The fourth-order valence-corrected chi connectivity index (χ4v) is 5.86. The monoisotopic (exact) mass is 626 g/mol. The van der Waals surface area contributed by atoms with E-state index < -0.39 is 34.6 Å². The molecule has 0 aliphatic heterocycles. The van der Waals surface area contributed by atoms with E-state index in [9.17, 15) is 29.4 Å². The lowest BCUT2D eigenvalue weighted by Gasteiger charge is -2.12. The van der Waals surface area contributed by atoms with Crippen LogP contribution in [0.3, 0.4) is 0 Å². The van der Waals surface area contributed by atoms with Gasteiger partial charge >= 0.3 is 11.9 Å². The van der Waals surface area contributed by atoms with Crippen LogP contribution in [0.25, 0.3) is 0 Å². The molecule has 0 aromatic heterocycles. The van der Waals surface area contributed by atoms with E-state index in [0.29, 0.717) is 0 Å². The van der Waals surface area contributed by atoms with E-state index in [1.807, 2.05) is 24.3 Å². The molecule has 2 N–H and O–H groups in total. The Bertz CT molecular complexity index is 1320. The van der Waals surface area contributed by atoms with Crippen LogP contribution in [0.15, 0.2) is 60.7 Å². The number of ketones is 2. The van der Waals surface area contributed by atoms with Crippen molar-refractivity contribution in [1.82, 2.24) is 0 Å². The Hall–Kier alpha value is -4.06. The third-order valence-electron chi connectivity index (χ3n) is 8.68. The fourth-order valence-electron chi connectivity index (χ4n) is 5.86. The second-order valence-corrected chi connectivity index (χ2v) is 12.3. The van der Waals surface area contributed by atoms with Crippen molar-refractivity contribution >= 4 is 23.5 Å². The number of benzene rings is 3. The predicted octanol–water partition coefficient (Wildman–Crippen LogP) is 10.1. The molecular formula is C40H50O6. The Morgan fingerprint density at radius 3 is 1.04 bits per heavy atom. The number of carbonyl (C=O) groups is 4. The second-order valence-electron chi connectivity index (χ2n) is 12.3. The van der Waals surface area contributed by atoms with E-state index in [1.165, 1.54) is 64.2 Å². The normalized spacial score (nSPS) is 11.0. The molecule has 0 unspecified atom stereocenters. The maximum atomic E-state index is 13.5. The van der Waals surface area contributed by atoms with Gasteiger partial charge in [-0.05, 0) is 48.9 Å². The van der Waals surface area contributed by atoms with Crippen LogP contribution in [0.1, 0.15) is 167 Å². The lowest BCUT2D eigenvalue weighted by Crippen LogP contribution is -2.17. The maximum Gasteiger partial charge on any atom is 0.336 e. The minimum atomic E-state index is -1.41. The molecule has 0 heterocycles. The zero-order valence-electron chi connectivity index (χ0n) is 27.6. The average molecular weight is 627 g/mol. The van der Waals surface area contributed by atoms with Gasteiger partial charge in [0, 0.05) is 22.3 Å². The van der Waals surface area contributed by atoms with Crippen LogP contribution in [0, 0.1) is 0 Å². The number of rotatable bonds is 22. The number of carbonyl (C=O) groups excluding carboxylic acids is 2. The SMILES string of the molecule is CCCCCCCCCc1ccc(C(=O)c2cc(C(=O)O)c(C(=O)c3ccc(CCCCCCCCC)cc3)cc2C(=O)O)cc1. The molecular weight excluding hydrogens is 576 g/mol. The summed E-state index contributed by atoms with van der Waals surface area (Å²) < 4.78 is 0. The number of hydrogen-bond donors (Lipinski definition) is 2. The first kappa shape index (κ1) is 36.4. The summed E-state index contributed by atoms with van der Waals surface area (Å²) >= 11 is 0. The molecule has 246 valence electrons. The predicted molar refractivity (Wildman–Crippen MR) is 184 cm³/mol. The van der Waals surface area contributed by atoms with Gasteiger partial charge in [0.15, 0.2) is 11.6 Å². The highest BCUT2D eigenvalue weighted by atomic mass is 16.4. The summed E-state index contributed by atoms with van der Waals surface area (Å²) in [6, 6.07) is 16.1. The van der Waals surface area contributed by atoms with E-state index in [2.05, 4.69) is 13.8 Å². The van der Waals surface area contributed by atoms with Gasteiger partial charge in [0.2, 0.25) is 0 Å². The van der Waals surface area contributed by atoms with Crippen LogP contribution in [-0.4, -0.2) is 33.7 Å². The Balaban J connectivity index is 1.72. The first-order valence-corrected chi connectivity index (χ1v) is 17.2. The molecule has 3 rings (SSSR count). The van der Waals surface area contributed by atoms with Crippen LogP contribution >= 0.6 is 0 Å². The van der Waals surface area contributed by atoms with Gasteiger partial charge in [0.05, 0.1) is 11.1 Å². The van der Waals surface area contributed by atoms with Crippen molar-refractivity contribution in [2.24, 2.45) is 0 Å². The van der Waals surface area contributed by atoms with Gasteiger partial charge in [-0.3, -0.25) is 9.59 Å². The molecule has 0 bridgehead atoms. The minimum Gasteiger partial charge on any atom is -0.478 e. The molecule has 6 nitrogen and oxygen atoms in total. The van der Waals surface area contributed by atoms with Crippen LogP contribution in [0.2, 0.25) is 0 Å². The Morgan fingerprint density at radius 1 is 0.435 bits per heavy atom. The van der Waals surface area contributed by atoms with Crippen molar-refractivity contribution < 1.29 is 29.4 Å². The molecule has 46 heavy (non-hydrogen) atoms. The lowest BCUT2D eigenvalue weighted by atomic mass is 9.89. The van der Waals surface area contributed by atoms with Crippen LogP contribution < -0.4 is 0 Å². The summed E-state index contributed by atoms with van der Waals surface area (Å²) in [6.07, 6.45) is 18.7. The quantitative estimate of drug-likeness (QED) is 0.0848. The molecule has 0 aliphatic rings. The molecule has 3 aromatic rings. The number of hydrogen-bond acceptors (Lipinski definition) is 4. The van der Waals surface area contributed by atoms with Crippen molar-refractivity contribution in [3.8, 4) is 0 Å². The molecule has 0 radical (unpaired) electrons. The number of carboxylic acids is 2. The third kappa shape index (κ3) is 11.1. The smallest absolute Gasteiger partial charge is 0.336 e. The van der Waals surface area contributed by atoms with E-state index in [4.69, 9.17) is 0 Å². The van der Waals surface area contributed by atoms with Gasteiger partial charge in [-0.15, -0.1) is 0 Å². The molecule has 3 aromatic carbocycles. The van der Waals surface area contributed by atoms with E-state index in [-0.39, 0.29) is 22.3 Å². The molecule has 0 amide bonds. The summed E-state index contributed by atoms with van der Waals surface area (Å²) in [5.41, 5.74) is 1.38. The minimum absolute atomic E-state index is 0.258. The highest BCUT2D eigenvalue weighted by Crippen LogP contribution is 2.25. The van der Waals surface area contributed by atoms with Crippen molar-refractivity contribution in [1.29, 1.82) is 0 Å². The molecule has 0 fully saturated rings. The molecule has 6 heteroatoms. The standard InChI is InChI=1S/C40H50O6/c1-3-5-7-9-11-13-15-17-29-19-23-31(24-20-29)37(41)33-27-36(40(45)46)34(28-35(33)39(43)44)38(42)32-25-21-30(22-26-32)18-16-14-12-10-8-6-4-2/h19-28H,3-18H2,1-2H3,(H,43,44)(H,45,46). The number of aromatic carboxylic acids is 2. The maximum absolute atomic E-state index is 13.5. The summed E-state index contributed by atoms with van der Waals surface area (Å²) in [5.74, 6) is -4.02. The average Bonchev–Trinajstić information content (AvgIpc) is 3.06. The Labute approximate surface area is 274 Å². The second kappa shape index (κ2) is 19.5. The zero-order chi connectivity index (χ0) is 33.3. The van der Waals surface area contributed by atoms with E-state index in [0.717, 1.165) is 61.8 Å². The van der Waals surface area contributed by atoms with Gasteiger partial charge in [-0.2, -0.15) is 0 Å². The number of unbranched alkanes of at least 4 members (excludes halogenated alkanes) is 12. The highest BCUT2D eigenvalue weighted by Gasteiger charge is 2.26. The molecule has 0 saturated carbocycles. The van der Waals surface area contributed by atoms with Gasteiger partial charge < -0.3 is 10.2 Å². The summed E-state index contributed by atoms with van der Waals surface area (Å²) in [4.78, 5) is 51.5. The first-order chi connectivity index (χ1) is 22.3. The van der Waals surface area contributed by atoms with Gasteiger partial charge in [0.25, 0.3) is 0 Å². The number of carboxylic acid groups (broad SMARTS) is 2. The van der Waals surface area contributed by atoms with Crippen molar-refractivity contribution in [2.45, 2.75) is 117 Å². The van der Waals surface area contributed by atoms with Crippen LogP contribution in [0.4, 0.5) is 0 Å².